The first-order valence-corrected chi connectivity index (χ1v) is 39.9. The number of aliphatic hydroxyl groups excluding tert-OH is 10. The predicted molar refractivity (Wildman–Crippen MR) is 398 cm³/mol. The normalized spacial score (nSPS) is 15.2. The van der Waals surface area contributed by atoms with Crippen molar-refractivity contribution >= 4 is 23.9 Å². The summed E-state index contributed by atoms with van der Waals surface area (Å²) in [4.78, 5) is 45.9. The van der Waals surface area contributed by atoms with Gasteiger partial charge in [-0.05, 0) is 128 Å². The number of allylic oxidation sites excluding steroid dienone is 4. The molecule has 588 valence electrons. The van der Waals surface area contributed by atoms with Crippen LogP contribution >= 0.6 is 0 Å². The van der Waals surface area contributed by atoms with Crippen LogP contribution in [0, 0.1) is 23.7 Å². The number of rotatable bonds is 69. The van der Waals surface area contributed by atoms with Gasteiger partial charge in [-0.3, -0.25) is 19.2 Å². The lowest BCUT2D eigenvalue weighted by Gasteiger charge is -2.17. The molecule has 1 rings (SSSR count). The Morgan fingerprint density at radius 1 is 0.293 bits per heavy atom. The van der Waals surface area contributed by atoms with Gasteiger partial charge in [0, 0.05) is 102 Å². The lowest BCUT2D eigenvalue weighted by atomic mass is 10.00. The second kappa shape index (κ2) is 80.6. The van der Waals surface area contributed by atoms with E-state index in [1.807, 2.05) is 27.7 Å². The molecule has 19 nitrogen and oxygen atoms in total. The number of aliphatic hydroxyl groups is 10. The lowest BCUT2D eigenvalue weighted by molar-refractivity contribution is -0.146. The van der Waals surface area contributed by atoms with Gasteiger partial charge >= 0.3 is 23.9 Å². The van der Waals surface area contributed by atoms with Crippen molar-refractivity contribution in [2.24, 2.45) is 23.7 Å². The maximum atomic E-state index is 11.5. The predicted octanol–water partition coefficient (Wildman–Crippen LogP) is 14.9. The Morgan fingerprint density at radius 2 is 0.495 bits per heavy atom. The molecule has 1 saturated heterocycles. The van der Waals surface area contributed by atoms with Crippen molar-refractivity contribution in [3.63, 3.8) is 0 Å². The third-order valence-corrected chi connectivity index (χ3v) is 17.4. The number of hydrogen-bond acceptors (Lipinski definition) is 19. The standard InChI is InChI=1S/C20H40O6.C20H38O5.2C20H38O4/c1-17(15-22)16-26-20(25)13-9-4-2-3-7-11-18(23)19(24)12-8-5-6-10-14-21;1-17(15-22)16-24-20(23)13-9-4-2-3-7-11-18-19(25-18)12-8-5-6-10-14-21;2*1-19(17-22)18-24-20(23)15-13-11-9-7-5-3-2-4-6-8-10-12-14-16-21/h17-19,21-24H,2-16H2,1H3;17-19,21-22H,2-16H2,1H3;2*2,4,19,21-22H,3,5-18H2,1H3/b;;4-2+;4-2-. The molecule has 99 heavy (non-hydrogen) atoms. The Morgan fingerprint density at radius 3 is 0.727 bits per heavy atom. The van der Waals surface area contributed by atoms with E-state index in [1.165, 1.54) is 109 Å². The van der Waals surface area contributed by atoms with E-state index in [0.717, 1.165) is 161 Å². The molecule has 0 aliphatic carbocycles. The Labute approximate surface area is 602 Å². The fraction of sp³-hybridized carbons (Fsp3) is 0.900. The molecule has 0 amide bonds. The number of unbranched alkanes of at least 4 members (excludes halogenated alkanes) is 32. The highest BCUT2D eigenvalue weighted by Crippen LogP contribution is 2.32. The molecule has 8 atom stereocenters. The third kappa shape index (κ3) is 80.5. The highest BCUT2D eigenvalue weighted by molar-refractivity contribution is 5.70. The van der Waals surface area contributed by atoms with Crippen LogP contribution in [-0.2, 0) is 42.9 Å². The van der Waals surface area contributed by atoms with Gasteiger partial charge in [-0.25, -0.2) is 0 Å². The largest absolute Gasteiger partial charge is 0.465 e. The van der Waals surface area contributed by atoms with Crippen LogP contribution in [0.1, 0.15) is 336 Å². The lowest BCUT2D eigenvalue weighted by Crippen LogP contribution is -2.25. The first-order chi connectivity index (χ1) is 48.1. The molecule has 10 N–H and O–H groups in total. The van der Waals surface area contributed by atoms with Crippen LogP contribution in [0.25, 0.3) is 0 Å². The topological polar surface area (TPSA) is 320 Å². The Balaban J connectivity index is -0.00000124. The van der Waals surface area contributed by atoms with Gasteiger partial charge in [0.25, 0.3) is 0 Å². The molecule has 0 aromatic rings. The summed E-state index contributed by atoms with van der Waals surface area (Å²) in [5.41, 5.74) is 0. The summed E-state index contributed by atoms with van der Waals surface area (Å²) in [5.74, 6) is -0.560. The van der Waals surface area contributed by atoms with E-state index >= 15 is 0 Å². The molecule has 0 bridgehead atoms. The summed E-state index contributed by atoms with van der Waals surface area (Å²) >= 11 is 0. The smallest absolute Gasteiger partial charge is 0.305 e. The zero-order valence-corrected chi connectivity index (χ0v) is 63.5. The summed E-state index contributed by atoms with van der Waals surface area (Å²) in [5, 5.41) is 90.1. The summed E-state index contributed by atoms with van der Waals surface area (Å²) in [6.45, 7) is 10.0. The highest BCUT2D eigenvalue weighted by atomic mass is 16.6. The molecule has 1 aliphatic heterocycles. The zero-order chi connectivity index (χ0) is 73.7. The summed E-state index contributed by atoms with van der Waals surface area (Å²) < 4.78 is 26.0. The SMILES string of the molecule is CC(CO)COC(=O)CCCCCCC/C=C/CCCCCCO.CC(CO)COC(=O)CCCCCCC/C=C\CCCCCCO.CC(CO)COC(=O)CCCCCCCC(O)C(O)CCCCCCO.CC(CO)COC(=O)CCCCCCCC1OC1CCCCCCO. The van der Waals surface area contributed by atoms with Crippen LogP contribution in [0.3, 0.4) is 0 Å². The molecule has 1 heterocycles. The maximum Gasteiger partial charge on any atom is 0.305 e. The van der Waals surface area contributed by atoms with E-state index in [-0.39, 0.29) is 87.2 Å². The number of hydrogen-bond donors (Lipinski definition) is 10. The van der Waals surface area contributed by atoms with Gasteiger partial charge in [-0.2, -0.15) is 0 Å². The second-order valence-electron chi connectivity index (χ2n) is 28.1. The molecule has 0 saturated carbocycles. The van der Waals surface area contributed by atoms with Crippen LogP contribution in [0.15, 0.2) is 24.3 Å². The molecular formula is C80H154O19. The minimum atomic E-state index is -0.656. The van der Waals surface area contributed by atoms with Gasteiger partial charge in [0.15, 0.2) is 0 Å². The molecule has 0 radical (unpaired) electrons. The van der Waals surface area contributed by atoms with Crippen LogP contribution in [0.5, 0.6) is 0 Å². The van der Waals surface area contributed by atoms with Gasteiger partial charge in [-0.1, -0.05) is 206 Å². The number of epoxide rings is 1. The Hall–Kier alpha value is -3.08. The molecule has 0 spiro atoms. The molecule has 8 unspecified atom stereocenters. The molecule has 0 aromatic carbocycles. The van der Waals surface area contributed by atoms with Crippen molar-refractivity contribution < 1.29 is 93.9 Å². The number of carbonyl (C=O) groups excluding carboxylic acids is 4. The minimum absolute atomic E-state index is 0.0127. The van der Waals surface area contributed by atoms with Crippen molar-refractivity contribution in [2.75, 3.05) is 79.3 Å². The van der Waals surface area contributed by atoms with Gasteiger partial charge in [0.1, 0.15) is 0 Å². The highest BCUT2D eigenvalue weighted by Gasteiger charge is 2.36. The number of esters is 4. The fourth-order valence-corrected chi connectivity index (χ4v) is 10.5. The van der Waals surface area contributed by atoms with Crippen LogP contribution < -0.4 is 0 Å². The van der Waals surface area contributed by atoms with E-state index in [2.05, 4.69) is 24.3 Å². The van der Waals surface area contributed by atoms with Gasteiger partial charge in [0.05, 0.1) is 50.8 Å². The Bertz CT molecular complexity index is 1690. The summed E-state index contributed by atoms with van der Waals surface area (Å²) in [6, 6.07) is 0. The quantitative estimate of drug-likeness (QED) is 0.00889. The van der Waals surface area contributed by atoms with E-state index in [9.17, 15) is 29.4 Å². The van der Waals surface area contributed by atoms with Crippen molar-refractivity contribution in [3.8, 4) is 0 Å². The Kier molecular flexibility index (Phi) is 81.5. The second-order valence-corrected chi connectivity index (χ2v) is 28.1. The van der Waals surface area contributed by atoms with Crippen LogP contribution in [0.2, 0.25) is 0 Å². The summed E-state index contributed by atoms with van der Waals surface area (Å²) in [7, 11) is 0. The summed E-state index contributed by atoms with van der Waals surface area (Å²) in [6.07, 6.45) is 57.3. The van der Waals surface area contributed by atoms with Gasteiger partial charge in [0.2, 0.25) is 0 Å². The van der Waals surface area contributed by atoms with Crippen molar-refractivity contribution in [3.05, 3.63) is 24.3 Å². The average Bonchev–Trinajstić information content (AvgIpc) is 1.71. The van der Waals surface area contributed by atoms with E-state index in [0.29, 0.717) is 90.4 Å². The molecule has 19 heteroatoms. The van der Waals surface area contributed by atoms with E-state index in [1.54, 1.807) is 0 Å². The van der Waals surface area contributed by atoms with Crippen LogP contribution in [0.4, 0.5) is 0 Å². The number of ether oxygens (including phenoxy) is 5. The van der Waals surface area contributed by atoms with Crippen molar-refractivity contribution in [1.82, 2.24) is 0 Å². The first kappa shape index (κ1) is 100. The van der Waals surface area contributed by atoms with Crippen molar-refractivity contribution in [1.29, 1.82) is 0 Å². The molecule has 1 fully saturated rings. The number of carbonyl (C=O) groups is 4. The maximum absolute atomic E-state index is 11.5. The third-order valence-electron chi connectivity index (χ3n) is 17.4. The average molecular weight is 1420 g/mol. The van der Waals surface area contributed by atoms with Gasteiger partial charge < -0.3 is 74.7 Å². The van der Waals surface area contributed by atoms with E-state index in [4.69, 9.17) is 64.5 Å². The fourth-order valence-electron chi connectivity index (χ4n) is 10.5. The van der Waals surface area contributed by atoms with Gasteiger partial charge in [-0.15, -0.1) is 0 Å². The monoisotopic (exact) mass is 1420 g/mol. The minimum Gasteiger partial charge on any atom is -0.465 e. The molecular weight excluding hydrogens is 1260 g/mol. The zero-order valence-electron chi connectivity index (χ0n) is 63.5. The van der Waals surface area contributed by atoms with Crippen molar-refractivity contribution in [2.45, 2.75) is 360 Å². The van der Waals surface area contributed by atoms with Crippen LogP contribution in [-0.4, -0.2) is 179 Å². The van der Waals surface area contributed by atoms with E-state index < -0.39 is 12.2 Å². The molecule has 1 aliphatic rings. The molecule has 0 aromatic heterocycles. The first-order valence-electron chi connectivity index (χ1n) is 39.9.